The van der Waals surface area contributed by atoms with Crippen LogP contribution in [0, 0.1) is 22.9 Å². The first kappa shape index (κ1) is 42.6. The molecule has 0 spiro atoms. The summed E-state index contributed by atoms with van der Waals surface area (Å²) in [7, 11) is 0. The maximum atomic E-state index is 11.2. The zero-order chi connectivity index (χ0) is 25.0. The van der Waals surface area contributed by atoms with Gasteiger partial charge in [-0.05, 0) is 54.5 Å². The van der Waals surface area contributed by atoms with E-state index in [1.165, 1.54) is 6.42 Å². The minimum absolute atomic E-state index is 0. The second kappa shape index (κ2) is 23.8. The van der Waals surface area contributed by atoms with Crippen molar-refractivity contribution < 1.29 is 129 Å². The van der Waals surface area contributed by atoms with Gasteiger partial charge in [0, 0.05) is 18.1 Å². The van der Waals surface area contributed by atoms with Gasteiger partial charge in [0.05, 0.1) is 28.8 Å². The van der Waals surface area contributed by atoms with Gasteiger partial charge in [0.1, 0.15) is 0 Å². The third kappa shape index (κ3) is 13.6. The summed E-state index contributed by atoms with van der Waals surface area (Å²) < 4.78 is -0.0162. The molecule has 0 aromatic carbocycles. The normalized spacial score (nSPS) is 27.2. The molecule has 17 heteroatoms. The fraction of sp³-hybridized carbons (Fsp3) is 0.737. The molecule has 11 nitrogen and oxygen atoms in total. The summed E-state index contributed by atoms with van der Waals surface area (Å²) in [5, 5.41) is 29.7. The maximum Gasteiger partial charge on any atom is 1.00 e. The van der Waals surface area contributed by atoms with Gasteiger partial charge in [-0.15, -0.1) is 12.4 Å². The van der Waals surface area contributed by atoms with Crippen LogP contribution in [0.4, 0.5) is 0 Å². The van der Waals surface area contributed by atoms with Crippen LogP contribution in [0.15, 0.2) is 0 Å². The summed E-state index contributed by atoms with van der Waals surface area (Å²) in [6.07, 6.45) is 10.8. The largest absolute Gasteiger partial charge is 1.00 e. The summed E-state index contributed by atoms with van der Waals surface area (Å²) >= 11 is 8.72. The summed E-state index contributed by atoms with van der Waals surface area (Å²) in [4.78, 5) is 35.8. The summed E-state index contributed by atoms with van der Waals surface area (Å²) in [5.41, 5.74) is 5.79. The molecule has 0 aromatic rings. The molecule has 4 fully saturated rings. The van der Waals surface area contributed by atoms with Gasteiger partial charge in [-0.1, -0.05) is 31.9 Å². The Kier molecular flexibility index (Phi) is 28.1. The van der Waals surface area contributed by atoms with Crippen LogP contribution in [0.2, 0.25) is 0 Å². The molecule has 0 radical (unpaired) electrons. The van der Waals surface area contributed by atoms with E-state index in [-0.39, 0.29) is 152 Å². The standard InChI is InChI=1S/C9H12BrN3O.C7H11N3.C2H2Br2O.CH2O3.ClH.2K.H/c10-4-9(14)12-7-3-6-1-2-8(7)13(6)5-11;8-4-10-5-1-2-7(10)6(9)3-5;3-1-2(4)5;2-1-4-3;;;;/h6-8H,1-4H2,(H,12,14);5-7H,1-3,9H2;1H2;1,3H;1H;;;/q;;;;;2*+1;-1/p-1/t6-,7+,8+;5-,6+,7+;;;;;;/m00....../s1. The van der Waals surface area contributed by atoms with Crippen molar-refractivity contribution in [3.63, 3.8) is 0 Å². The third-order valence-electron chi connectivity index (χ3n) is 5.96. The first-order valence-corrected chi connectivity index (χ1v) is 13.2. The topological polar surface area (TPSA) is 176 Å². The Balaban J connectivity index is -0.000000210. The number of hydrogen-bond acceptors (Lipinski definition) is 10. The van der Waals surface area contributed by atoms with Crippen molar-refractivity contribution >= 4 is 77.3 Å². The van der Waals surface area contributed by atoms with E-state index >= 15 is 0 Å². The van der Waals surface area contributed by atoms with Crippen molar-refractivity contribution in [2.75, 3.05) is 10.7 Å². The van der Waals surface area contributed by atoms with E-state index in [1.807, 2.05) is 9.80 Å². The molecule has 4 aliphatic rings. The Morgan fingerprint density at radius 3 is 1.78 bits per heavy atom. The third-order valence-corrected chi connectivity index (χ3v) is 8.02. The number of nitrogens with two attached hydrogens (primary N) is 1. The number of nitriles is 2. The Bertz CT molecular complexity index is 773. The van der Waals surface area contributed by atoms with Crippen LogP contribution in [0.1, 0.15) is 40.0 Å². The van der Waals surface area contributed by atoms with E-state index in [1.54, 1.807) is 0 Å². The van der Waals surface area contributed by atoms with Gasteiger partial charge in [-0.2, -0.15) is 10.5 Å². The van der Waals surface area contributed by atoms with Gasteiger partial charge < -0.3 is 32.4 Å². The molecule has 0 aliphatic carbocycles. The number of amides is 1. The van der Waals surface area contributed by atoms with E-state index in [0.29, 0.717) is 28.8 Å². The van der Waals surface area contributed by atoms with Crippen LogP contribution in [-0.4, -0.2) is 73.8 Å². The second-order valence-corrected chi connectivity index (χ2v) is 9.74. The smallest absolute Gasteiger partial charge is 1.00 e. The number of alkyl halides is 2. The van der Waals surface area contributed by atoms with Crippen LogP contribution < -0.4 is 119 Å². The van der Waals surface area contributed by atoms with Gasteiger partial charge >= 0.3 is 103 Å². The number of carbonyl (C=O) groups is 3. The molecule has 4 rings (SSSR count). The molecule has 0 unspecified atom stereocenters. The number of hydrogen-bond donors (Lipinski definition) is 2. The Labute approximate surface area is 329 Å². The van der Waals surface area contributed by atoms with Crippen molar-refractivity contribution in [2.45, 2.75) is 74.8 Å². The van der Waals surface area contributed by atoms with Crippen molar-refractivity contribution in [3.05, 3.63) is 0 Å². The maximum absolute atomic E-state index is 11.2. The first-order chi connectivity index (χ1) is 15.8. The van der Waals surface area contributed by atoms with Gasteiger partial charge in [0.2, 0.25) is 10.6 Å². The molecule has 6 atom stereocenters. The second-order valence-electron chi connectivity index (χ2n) is 7.74. The van der Waals surface area contributed by atoms with Crippen LogP contribution in [0.5, 0.6) is 0 Å². The minimum Gasteiger partial charge on any atom is -1.00 e. The van der Waals surface area contributed by atoms with Crippen molar-refractivity contribution in [1.82, 2.24) is 15.1 Å². The summed E-state index contributed by atoms with van der Waals surface area (Å²) in [5.74, 6) is 0.0143. The van der Waals surface area contributed by atoms with Crippen molar-refractivity contribution in [2.24, 2.45) is 5.73 Å². The quantitative estimate of drug-likeness (QED) is 0.0535. The fourth-order valence-electron chi connectivity index (χ4n) is 4.74. The molecule has 4 aliphatic heterocycles. The number of fused-ring (bicyclic) bond motifs is 4. The fourth-order valence-corrected chi connectivity index (χ4v) is 4.90. The van der Waals surface area contributed by atoms with E-state index in [0.717, 1.165) is 32.1 Å². The molecule has 1 amide bonds. The molecule has 4 bridgehead atoms. The van der Waals surface area contributed by atoms with Gasteiger partial charge in [0.15, 0.2) is 12.4 Å². The summed E-state index contributed by atoms with van der Waals surface area (Å²) in [6.45, 7) is -0.181. The average Bonchev–Trinajstić information content (AvgIpc) is 3.57. The van der Waals surface area contributed by atoms with Crippen LogP contribution >= 0.6 is 60.2 Å². The molecular formula is C19H28Br3ClK2N6O5. The van der Waals surface area contributed by atoms with Crippen molar-refractivity contribution in [1.29, 1.82) is 10.5 Å². The molecule has 0 aromatic heterocycles. The average molecular weight is 774 g/mol. The van der Waals surface area contributed by atoms with Crippen LogP contribution in [0.3, 0.4) is 0 Å². The number of nitrogens with zero attached hydrogens (tertiary/aromatic N) is 4. The van der Waals surface area contributed by atoms with E-state index in [4.69, 9.17) is 26.3 Å². The number of carbonyl (C=O) groups excluding carboxylic acids is 3. The van der Waals surface area contributed by atoms with E-state index < -0.39 is 0 Å². The van der Waals surface area contributed by atoms with Gasteiger partial charge in [-0.25, -0.2) is 0 Å². The molecule has 36 heavy (non-hydrogen) atoms. The number of rotatable bonds is 4. The predicted molar refractivity (Wildman–Crippen MR) is 135 cm³/mol. The van der Waals surface area contributed by atoms with Gasteiger partial charge in [-0.3, -0.25) is 14.4 Å². The number of halogens is 4. The molecule has 3 N–H and O–H groups in total. The monoisotopic (exact) mass is 770 g/mol. The summed E-state index contributed by atoms with van der Waals surface area (Å²) in [6, 6.07) is 1.90. The Morgan fingerprint density at radius 2 is 1.50 bits per heavy atom. The first-order valence-electron chi connectivity index (χ1n) is 10.2. The zero-order valence-electron chi connectivity index (χ0n) is 21.1. The number of nitrogens with one attached hydrogen (secondary N) is 1. The Hall–Kier alpha value is 2.11. The predicted octanol–water partition coefficient (Wildman–Crippen LogP) is -5.10. The van der Waals surface area contributed by atoms with Crippen LogP contribution in [-0.2, 0) is 19.3 Å². The minimum atomic E-state index is -0.181. The zero-order valence-corrected chi connectivity index (χ0v) is 32.0. The molecule has 194 valence electrons. The van der Waals surface area contributed by atoms with E-state index in [9.17, 15) is 9.59 Å². The van der Waals surface area contributed by atoms with Gasteiger partial charge in [0.25, 0.3) is 6.47 Å². The molecule has 0 saturated carbocycles. The van der Waals surface area contributed by atoms with Crippen LogP contribution in [0.25, 0.3) is 0 Å². The Morgan fingerprint density at radius 1 is 1.06 bits per heavy atom. The van der Waals surface area contributed by atoms with Crippen molar-refractivity contribution in [3.8, 4) is 12.4 Å². The molecular weight excluding hydrogens is 746 g/mol. The molecule has 4 saturated heterocycles. The molecule has 4 heterocycles. The SMILES string of the molecule is Cl.N#CN1[C@H]2CC[C@@H]1[C@H](N)C2.N#CN1[C@H]2CC[C@@H]1[C@H](NC(=O)CBr)C2.O=C(Br)CBr.O=CO[O-].[H-].[K+].[K+]. The van der Waals surface area contributed by atoms with E-state index in [2.05, 4.69) is 70.4 Å².